The lowest BCUT2D eigenvalue weighted by Gasteiger charge is -2.26. The van der Waals surface area contributed by atoms with Crippen LogP contribution in [-0.4, -0.2) is 17.9 Å². The number of fused-ring (bicyclic) bond motifs is 1. The van der Waals surface area contributed by atoms with Gasteiger partial charge in [0.1, 0.15) is 6.04 Å². The molecule has 1 aliphatic carbocycles. The summed E-state index contributed by atoms with van der Waals surface area (Å²) in [5.74, 6) is 0.283. The molecule has 0 amide bonds. The standard InChI is InChI=1S/C22H22ClNO2/c23-17-14-12-16(13-15-17)22(25)21-19-10-6-1-2-7-11-20(19)26-24(21)18-8-4-3-5-9-18/h1-5,8-9,12-15,19-21H,6-7,10-11H2/b2-1-. The molecule has 0 bridgehead atoms. The average molecular weight is 368 g/mol. The van der Waals surface area contributed by atoms with Gasteiger partial charge in [0.05, 0.1) is 11.8 Å². The SMILES string of the molecule is O=C(c1ccc(Cl)cc1)C1C2CC/C=C\CCC2ON1c1ccccc1. The molecule has 2 aromatic rings. The summed E-state index contributed by atoms with van der Waals surface area (Å²) in [5, 5.41) is 2.48. The van der Waals surface area contributed by atoms with Crippen molar-refractivity contribution in [2.24, 2.45) is 5.92 Å². The largest absolute Gasteiger partial charge is 0.292 e. The summed E-state index contributed by atoms with van der Waals surface area (Å²) in [6.07, 6.45) is 8.39. The van der Waals surface area contributed by atoms with Crippen molar-refractivity contribution in [3.63, 3.8) is 0 Å². The van der Waals surface area contributed by atoms with Crippen molar-refractivity contribution in [1.82, 2.24) is 0 Å². The maximum absolute atomic E-state index is 13.4. The van der Waals surface area contributed by atoms with Crippen molar-refractivity contribution < 1.29 is 9.63 Å². The van der Waals surface area contributed by atoms with E-state index in [4.69, 9.17) is 16.4 Å². The van der Waals surface area contributed by atoms with E-state index in [9.17, 15) is 4.79 Å². The number of hydrogen-bond acceptors (Lipinski definition) is 3. The molecule has 1 aliphatic heterocycles. The number of allylic oxidation sites excluding steroid dienone is 2. The Labute approximate surface area is 159 Å². The van der Waals surface area contributed by atoms with E-state index in [0.29, 0.717) is 10.6 Å². The Kier molecular flexibility index (Phi) is 5.09. The molecule has 4 heteroatoms. The van der Waals surface area contributed by atoms with Crippen molar-refractivity contribution in [1.29, 1.82) is 0 Å². The van der Waals surface area contributed by atoms with E-state index in [2.05, 4.69) is 12.2 Å². The molecule has 3 unspecified atom stereocenters. The number of benzene rings is 2. The third kappa shape index (κ3) is 3.42. The molecule has 0 aromatic heterocycles. The predicted molar refractivity (Wildman–Crippen MR) is 104 cm³/mol. The minimum absolute atomic E-state index is 0.0707. The van der Waals surface area contributed by atoms with E-state index in [1.807, 2.05) is 47.5 Å². The lowest BCUT2D eigenvalue weighted by Crippen LogP contribution is -2.40. The third-order valence-corrected chi connectivity index (χ3v) is 5.50. The second-order valence-electron chi connectivity index (χ2n) is 6.91. The van der Waals surface area contributed by atoms with Crippen LogP contribution < -0.4 is 5.06 Å². The molecule has 1 fully saturated rings. The molecule has 4 rings (SSSR count). The Balaban J connectivity index is 1.71. The highest BCUT2D eigenvalue weighted by Crippen LogP contribution is 2.39. The highest BCUT2D eigenvalue weighted by molar-refractivity contribution is 6.30. The normalized spacial score (nSPS) is 26.7. The van der Waals surface area contributed by atoms with Crippen molar-refractivity contribution in [3.05, 3.63) is 77.3 Å². The van der Waals surface area contributed by atoms with Gasteiger partial charge in [-0.3, -0.25) is 9.63 Å². The van der Waals surface area contributed by atoms with Gasteiger partial charge >= 0.3 is 0 Å². The van der Waals surface area contributed by atoms with E-state index >= 15 is 0 Å². The van der Waals surface area contributed by atoms with Crippen LogP contribution >= 0.6 is 11.6 Å². The van der Waals surface area contributed by atoms with E-state index in [1.54, 1.807) is 12.1 Å². The van der Waals surface area contributed by atoms with Gasteiger partial charge in [0.2, 0.25) is 0 Å². The molecule has 0 radical (unpaired) electrons. The Morgan fingerprint density at radius 2 is 1.65 bits per heavy atom. The molecule has 0 N–H and O–H groups in total. The molecule has 3 atom stereocenters. The maximum atomic E-state index is 13.4. The number of rotatable bonds is 3. The van der Waals surface area contributed by atoms with Crippen LogP contribution in [-0.2, 0) is 4.84 Å². The smallest absolute Gasteiger partial charge is 0.188 e. The molecule has 2 aliphatic rings. The molecular weight excluding hydrogens is 346 g/mol. The minimum atomic E-state index is -0.310. The lowest BCUT2D eigenvalue weighted by molar-refractivity contribution is 0.0612. The van der Waals surface area contributed by atoms with Crippen LogP contribution in [0.25, 0.3) is 0 Å². The van der Waals surface area contributed by atoms with Gasteiger partial charge in [-0.1, -0.05) is 42.0 Å². The Morgan fingerprint density at radius 3 is 2.38 bits per heavy atom. The molecule has 1 heterocycles. The monoisotopic (exact) mass is 367 g/mol. The first kappa shape index (κ1) is 17.3. The van der Waals surface area contributed by atoms with Crippen molar-refractivity contribution in [3.8, 4) is 0 Å². The number of hydroxylamine groups is 1. The Bertz CT molecular complexity index is 788. The molecule has 1 saturated heterocycles. The molecular formula is C22H22ClNO2. The fraction of sp³-hybridized carbons (Fsp3) is 0.318. The van der Waals surface area contributed by atoms with Crippen molar-refractivity contribution in [2.75, 3.05) is 5.06 Å². The summed E-state index contributed by atoms with van der Waals surface area (Å²) < 4.78 is 0. The summed E-state index contributed by atoms with van der Waals surface area (Å²) in [6.45, 7) is 0. The van der Waals surface area contributed by atoms with Crippen LogP contribution in [0, 0.1) is 5.92 Å². The number of halogens is 1. The minimum Gasteiger partial charge on any atom is -0.292 e. The number of carbonyl (C=O) groups is 1. The van der Waals surface area contributed by atoms with Gasteiger partial charge in [-0.2, -0.15) is 0 Å². The van der Waals surface area contributed by atoms with Crippen LogP contribution in [0.3, 0.4) is 0 Å². The topological polar surface area (TPSA) is 29.5 Å². The molecule has 134 valence electrons. The zero-order valence-corrected chi connectivity index (χ0v) is 15.3. The van der Waals surface area contributed by atoms with Gasteiger partial charge in [-0.15, -0.1) is 0 Å². The maximum Gasteiger partial charge on any atom is 0.188 e. The van der Waals surface area contributed by atoms with Gasteiger partial charge in [0.25, 0.3) is 0 Å². The summed E-state index contributed by atoms with van der Waals surface area (Å²) in [7, 11) is 0. The highest BCUT2D eigenvalue weighted by atomic mass is 35.5. The molecule has 3 nitrogen and oxygen atoms in total. The number of carbonyl (C=O) groups excluding carboxylic acids is 1. The average Bonchev–Trinajstić information content (AvgIpc) is 3.00. The van der Waals surface area contributed by atoms with E-state index in [1.165, 1.54) is 0 Å². The van der Waals surface area contributed by atoms with Gasteiger partial charge in [-0.05, 0) is 62.1 Å². The number of anilines is 1. The summed E-state index contributed by atoms with van der Waals surface area (Å²) >= 11 is 6.00. The first-order valence-corrected chi connectivity index (χ1v) is 9.57. The van der Waals surface area contributed by atoms with E-state index in [-0.39, 0.29) is 23.8 Å². The van der Waals surface area contributed by atoms with Gasteiger partial charge in [0.15, 0.2) is 5.78 Å². The molecule has 26 heavy (non-hydrogen) atoms. The number of hydrogen-bond donors (Lipinski definition) is 0. The summed E-state index contributed by atoms with van der Waals surface area (Å²) in [6, 6.07) is 16.8. The van der Waals surface area contributed by atoms with E-state index in [0.717, 1.165) is 31.4 Å². The summed E-state index contributed by atoms with van der Waals surface area (Å²) in [4.78, 5) is 19.7. The number of ketones is 1. The second-order valence-corrected chi connectivity index (χ2v) is 7.35. The van der Waals surface area contributed by atoms with Crippen LogP contribution in [0.5, 0.6) is 0 Å². The molecule has 0 spiro atoms. The fourth-order valence-corrected chi connectivity index (χ4v) is 4.07. The van der Waals surface area contributed by atoms with Crippen LogP contribution in [0.1, 0.15) is 36.0 Å². The second kappa shape index (κ2) is 7.65. The highest BCUT2D eigenvalue weighted by Gasteiger charge is 2.46. The van der Waals surface area contributed by atoms with Crippen molar-refractivity contribution in [2.45, 2.75) is 37.8 Å². The Hall–Kier alpha value is -2.10. The quantitative estimate of drug-likeness (QED) is 0.533. The zero-order chi connectivity index (χ0) is 17.9. The molecule has 2 aromatic carbocycles. The Morgan fingerprint density at radius 1 is 0.962 bits per heavy atom. The van der Waals surface area contributed by atoms with Crippen LogP contribution in [0.4, 0.5) is 5.69 Å². The van der Waals surface area contributed by atoms with Crippen LogP contribution in [0.2, 0.25) is 5.02 Å². The predicted octanol–water partition coefficient (Wildman–Crippen LogP) is 5.46. The number of para-hydroxylation sites is 1. The summed E-state index contributed by atoms with van der Waals surface area (Å²) in [5.41, 5.74) is 1.61. The third-order valence-electron chi connectivity index (χ3n) is 5.24. The van der Waals surface area contributed by atoms with Gasteiger partial charge < -0.3 is 0 Å². The van der Waals surface area contributed by atoms with Gasteiger partial charge in [-0.25, -0.2) is 5.06 Å². The first-order valence-electron chi connectivity index (χ1n) is 9.20. The zero-order valence-electron chi connectivity index (χ0n) is 14.6. The fourth-order valence-electron chi connectivity index (χ4n) is 3.94. The lowest BCUT2D eigenvalue weighted by atomic mass is 9.83. The van der Waals surface area contributed by atoms with Gasteiger partial charge in [0, 0.05) is 16.5 Å². The van der Waals surface area contributed by atoms with Crippen molar-refractivity contribution >= 4 is 23.1 Å². The van der Waals surface area contributed by atoms with Crippen LogP contribution in [0.15, 0.2) is 66.7 Å². The number of nitrogens with zero attached hydrogens (tertiary/aromatic N) is 1. The number of Topliss-reactive ketones (excluding diaryl/α,β-unsaturated/α-hetero) is 1. The first-order chi connectivity index (χ1) is 12.7. The molecule has 0 saturated carbocycles. The van der Waals surface area contributed by atoms with E-state index < -0.39 is 0 Å².